The van der Waals surface area contributed by atoms with Crippen molar-refractivity contribution in [2.45, 2.75) is 73.3 Å². The number of anilines is 1. The molecular weight excluding hydrogens is 434 g/mol. The van der Waals surface area contributed by atoms with Gasteiger partial charge >= 0.3 is 10.1 Å². The maximum atomic E-state index is 12.3. The summed E-state index contributed by atoms with van der Waals surface area (Å²) in [5, 5.41) is 3.73. The molecule has 1 aromatic carbocycles. The van der Waals surface area contributed by atoms with Crippen LogP contribution in [0, 0.1) is 12.3 Å². The Labute approximate surface area is 198 Å². The SMILES string of the molecule is CCCCS(=O)(=O)Oc1cccc(-c2nc3c(C)cccn3c2NC(C)(C)CC(C)(C)C)c1. The second-order valence-corrected chi connectivity index (χ2v) is 12.4. The van der Waals surface area contributed by atoms with Crippen molar-refractivity contribution in [3.8, 4) is 17.0 Å². The van der Waals surface area contributed by atoms with Gasteiger partial charge in [0, 0.05) is 17.3 Å². The second kappa shape index (κ2) is 9.37. The number of hydrogen-bond donors (Lipinski definition) is 1. The van der Waals surface area contributed by atoms with E-state index in [2.05, 4.69) is 44.3 Å². The summed E-state index contributed by atoms with van der Waals surface area (Å²) in [5.41, 5.74) is 3.45. The van der Waals surface area contributed by atoms with Crippen molar-refractivity contribution in [1.29, 1.82) is 0 Å². The van der Waals surface area contributed by atoms with E-state index in [0.717, 1.165) is 41.1 Å². The van der Waals surface area contributed by atoms with Crippen LogP contribution in [0.25, 0.3) is 16.9 Å². The van der Waals surface area contributed by atoms with Crippen molar-refractivity contribution in [2.24, 2.45) is 5.41 Å². The van der Waals surface area contributed by atoms with Gasteiger partial charge in [-0.05, 0) is 62.8 Å². The molecule has 0 amide bonds. The molecule has 3 rings (SSSR count). The Hall–Kier alpha value is -2.54. The molecule has 0 unspecified atom stereocenters. The first-order chi connectivity index (χ1) is 15.3. The van der Waals surface area contributed by atoms with E-state index in [0.29, 0.717) is 12.2 Å². The van der Waals surface area contributed by atoms with E-state index in [1.807, 2.05) is 38.2 Å². The van der Waals surface area contributed by atoms with Gasteiger partial charge in [-0.15, -0.1) is 0 Å². The van der Waals surface area contributed by atoms with Gasteiger partial charge in [0.2, 0.25) is 0 Å². The van der Waals surface area contributed by atoms with Crippen molar-refractivity contribution in [3.63, 3.8) is 0 Å². The van der Waals surface area contributed by atoms with Crippen LogP contribution in [-0.2, 0) is 10.1 Å². The fourth-order valence-corrected chi connectivity index (χ4v) is 5.54. The molecular formula is C26H37N3O3S. The van der Waals surface area contributed by atoms with Crippen molar-refractivity contribution in [2.75, 3.05) is 11.1 Å². The highest BCUT2D eigenvalue weighted by molar-refractivity contribution is 7.87. The highest BCUT2D eigenvalue weighted by atomic mass is 32.2. The summed E-state index contributed by atoms with van der Waals surface area (Å²) in [6.07, 6.45) is 4.33. The van der Waals surface area contributed by atoms with Crippen LogP contribution < -0.4 is 9.50 Å². The molecule has 0 aliphatic carbocycles. The van der Waals surface area contributed by atoms with Gasteiger partial charge in [0.15, 0.2) is 0 Å². The summed E-state index contributed by atoms with van der Waals surface area (Å²) in [5.74, 6) is 1.20. The molecule has 0 bridgehead atoms. The summed E-state index contributed by atoms with van der Waals surface area (Å²) in [7, 11) is -3.63. The molecule has 0 atom stereocenters. The number of fused-ring (bicyclic) bond motifs is 1. The third-order valence-corrected chi connectivity index (χ3v) is 6.59. The van der Waals surface area contributed by atoms with E-state index in [-0.39, 0.29) is 16.7 Å². The average Bonchev–Trinajstić information content (AvgIpc) is 3.03. The lowest BCUT2D eigenvalue weighted by molar-refractivity contribution is 0.302. The molecule has 0 spiro atoms. The topological polar surface area (TPSA) is 72.7 Å². The summed E-state index contributed by atoms with van der Waals surface area (Å²) >= 11 is 0. The predicted octanol–water partition coefficient (Wildman–Crippen LogP) is 6.45. The summed E-state index contributed by atoms with van der Waals surface area (Å²) in [6, 6.07) is 11.2. The van der Waals surface area contributed by atoms with E-state index >= 15 is 0 Å². The number of aryl methyl sites for hydroxylation is 1. The minimum atomic E-state index is -3.63. The van der Waals surface area contributed by atoms with Crippen LogP contribution in [-0.4, -0.2) is 29.1 Å². The fourth-order valence-electron chi connectivity index (χ4n) is 4.42. The maximum Gasteiger partial charge on any atom is 0.309 e. The number of benzene rings is 1. The predicted molar refractivity (Wildman–Crippen MR) is 136 cm³/mol. The quantitative estimate of drug-likeness (QED) is 0.363. The zero-order valence-electron chi connectivity index (χ0n) is 20.9. The van der Waals surface area contributed by atoms with Gasteiger partial charge in [-0.3, -0.25) is 4.40 Å². The van der Waals surface area contributed by atoms with E-state index in [1.54, 1.807) is 18.2 Å². The standard InChI is InChI=1S/C26H37N3O3S/c1-8-9-16-33(30,31)32-21-14-10-13-20(17-21)22-24(28-26(6,7)18-25(3,4)5)29-15-11-12-19(2)23(29)27-22/h10-15,17,28H,8-9,16,18H2,1-7H3. The fraction of sp³-hybridized carbons (Fsp3) is 0.500. The monoisotopic (exact) mass is 471 g/mol. The summed E-state index contributed by atoms with van der Waals surface area (Å²) < 4.78 is 32.1. The molecule has 3 aromatic rings. The lowest BCUT2D eigenvalue weighted by atomic mass is 9.82. The maximum absolute atomic E-state index is 12.3. The van der Waals surface area contributed by atoms with Crippen molar-refractivity contribution >= 4 is 21.6 Å². The van der Waals surface area contributed by atoms with Gasteiger partial charge in [-0.1, -0.05) is 52.3 Å². The Kier molecular flexibility index (Phi) is 7.13. The van der Waals surface area contributed by atoms with Crippen LogP contribution in [0.4, 0.5) is 5.82 Å². The lowest BCUT2D eigenvalue weighted by Gasteiger charge is -2.34. The first kappa shape index (κ1) is 25.1. The number of nitrogens with one attached hydrogen (secondary N) is 1. The van der Waals surface area contributed by atoms with Gasteiger partial charge < -0.3 is 9.50 Å². The zero-order chi connectivity index (χ0) is 24.4. The Morgan fingerprint density at radius 1 is 1.09 bits per heavy atom. The van der Waals surface area contributed by atoms with Gasteiger partial charge in [0.25, 0.3) is 0 Å². The van der Waals surface area contributed by atoms with Crippen LogP contribution in [0.3, 0.4) is 0 Å². The Balaban J connectivity index is 2.06. The normalized spacial score (nSPS) is 12.8. The van der Waals surface area contributed by atoms with E-state index < -0.39 is 10.1 Å². The molecule has 7 heteroatoms. The van der Waals surface area contributed by atoms with Gasteiger partial charge in [-0.25, -0.2) is 4.98 Å². The molecule has 0 aliphatic heterocycles. The van der Waals surface area contributed by atoms with E-state index in [9.17, 15) is 8.42 Å². The third kappa shape index (κ3) is 6.50. The van der Waals surface area contributed by atoms with Gasteiger partial charge in [0.1, 0.15) is 22.9 Å². The molecule has 2 heterocycles. The van der Waals surface area contributed by atoms with Crippen LogP contribution in [0.1, 0.15) is 66.4 Å². The van der Waals surface area contributed by atoms with Crippen molar-refractivity contribution in [3.05, 3.63) is 48.2 Å². The van der Waals surface area contributed by atoms with Crippen LogP contribution in [0.15, 0.2) is 42.6 Å². The number of imidazole rings is 1. The Morgan fingerprint density at radius 3 is 2.48 bits per heavy atom. The zero-order valence-corrected chi connectivity index (χ0v) is 21.7. The molecule has 2 aromatic heterocycles. The minimum absolute atomic E-state index is 0.00901. The van der Waals surface area contributed by atoms with Crippen molar-refractivity contribution < 1.29 is 12.6 Å². The second-order valence-electron chi connectivity index (χ2n) is 10.7. The highest BCUT2D eigenvalue weighted by Gasteiger charge is 2.28. The number of rotatable bonds is 9. The number of hydrogen-bond acceptors (Lipinski definition) is 5. The molecule has 0 saturated carbocycles. The third-order valence-electron chi connectivity index (χ3n) is 5.35. The largest absolute Gasteiger partial charge is 0.382 e. The van der Waals surface area contributed by atoms with Crippen LogP contribution in [0.2, 0.25) is 0 Å². The number of nitrogens with zero attached hydrogens (tertiary/aromatic N) is 2. The van der Waals surface area contributed by atoms with E-state index in [1.165, 1.54) is 0 Å². The molecule has 33 heavy (non-hydrogen) atoms. The molecule has 180 valence electrons. The first-order valence-electron chi connectivity index (χ1n) is 11.6. The number of unbranched alkanes of at least 4 members (excludes halogenated alkanes) is 1. The van der Waals surface area contributed by atoms with Crippen LogP contribution in [0.5, 0.6) is 5.75 Å². The number of aromatic nitrogens is 2. The molecule has 0 fully saturated rings. The molecule has 1 N–H and O–H groups in total. The Bertz CT molecular complexity index is 1220. The smallest absolute Gasteiger partial charge is 0.309 e. The molecule has 0 radical (unpaired) electrons. The number of pyridine rings is 1. The summed E-state index contributed by atoms with van der Waals surface area (Å²) in [6.45, 7) is 15.1. The van der Waals surface area contributed by atoms with Gasteiger partial charge in [0.05, 0.1) is 5.75 Å². The minimum Gasteiger partial charge on any atom is -0.382 e. The van der Waals surface area contributed by atoms with Crippen LogP contribution >= 0.6 is 0 Å². The summed E-state index contributed by atoms with van der Waals surface area (Å²) in [4.78, 5) is 4.95. The lowest BCUT2D eigenvalue weighted by Crippen LogP contribution is -2.36. The van der Waals surface area contributed by atoms with Gasteiger partial charge in [-0.2, -0.15) is 8.42 Å². The molecule has 0 aliphatic rings. The highest BCUT2D eigenvalue weighted by Crippen LogP contribution is 2.36. The Morgan fingerprint density at radius 2 is 1.82 bits per heavy atom. The molecule has 6 nitrogen and oxygen atoms in total. The average molecular weight is 472 g/mol. The van der Waals surface area contributed by atoms with E-state index in [4.69, 9.17) is 9.17 Å². The van der Waals surface area contributed by atoms with Crippen molar-refractivity contribution in [1.82, 2.24) is 9.38 Å². The first-order valence-corrected chi connectivity index (χ1v) is 13.2. The molecule has 0 saturated heterocycles.